The van der Waals surface area contributed by atoms with Crippen LogP contribution in [-0.2, 0) is 10.0 Å². The number of nitrogens with zero attached hydrogens (tertiary/aromatic N) is 1. The monoisotopic (exact) mass is 338 g/mol. The molecular weight excluding hydrogens is 320 g/mol. The lowest BCUT2D eigenvalue weighted by Crippen LogP contribution is -2.26. The van der Waals surface area contributed by atoms with Gasteiger partial charge in [-0.2, -0.15) is 0 Å². The summed E-state index contributed by atoms with van der Waals surface area (Å²) in [4.78, 5) is 11.8. The molecule has 2 rings (SSSR count). The van der Waals surface area contributed by atoms with Gasteiger partial charge in [-0.05, 0) is 42.1 Å². The predicted molar refractivity (Wildman–Crippen MR) is 89.0 cm³/mol. The van der Waals surface area contributed by atoms with Gasteiger partial charge in [-0.25, -0.2) is 8.42 Å². The van der Waals surface area contributed by atoms with Gasteiger partial charge in [-0.3, -0.25) is 9.10 Å². The van der Waals surface area contributed by atoms with E-state index in [-0.39, 0.29) is 5.91 Å². The van der Waals surface area contributed by atoms with E-state index in [0.717, 1.165) is 6.42 Å². The zero-order valence-corrected chi connectivity index (χ0v) is 14.1. The molecule has 0 aliphatic rings. The van der Waals surface area contributed by atoms with E-state index in [2.05, 4.69) is 5.32 Å². The van der Waals surface area contributed by atoms with Gasteiger partial charge in [-0.1, -0.05) is 13.0 Å². The Morgan fingerprint density at radius 3 is 2.45 bits per heavy atom. The van der Waals surface area contributed by atoms with Crippen LogP contribution in [0.1, 0.15) is 23.7 Å². The second-order valence-electron chi connectivity index (χ2n) is 4.71. The summed E-state index contributed by atoms with van der Waals surface area (Å²) >= 11 is 1.18. The topological polar surface area (TPSA) is 66.5 Å². The number of benzene rings is 1. The van der Waals surface area contributed by atoms with Gasteiger partial charge in [0, 0.05) is 19.2 Å². The van der Waals surface area contributed by atoms with Crippen LogP contribution in [0.15, 0.2) is 46.0 Å². The Kier molecular flexibility index (Phi) is 5.20. The fourth-order valence-electron chi connectivity index (χ4n) is 1.85. The highest BCUT2D eigenvalue weighted by molar-refractivity contribution is 7.94. The highest BCUT2D eigenvalue weighted by Gasteiger charge is 2.22. The van der Waals surface area contributed by atoms with Gasteiger partial charge < -0.3 is 5.32 Å². The van der Waals surface area contributed by atoms with Gasteiger partial charge in [0.05, 0.1) is 5.69 Å². The Balaban J connectivity index is 2.18. The molecule has 118 valence electrons. The molecule has 0 fully saturated rings. The lowest BCUT2D eigenvalue weighted by Gasteiger charge is -2.18. The maximum absolute atomic E-state index is 12.4. The SMILES string of the molecule is CCCNC(=O)c1ccc(N(C)S(=O)(=O)c2cccs2)cc1. The molecule has 1 aromatic heterocycles. The first kappa shape index (κ1) is 16.5. The largest absolute Gasteiger partial charge is 0.352 e. The van der Waals surface area contributed by atoms with E-state index in [1.54, 1.807) is 41.8 Å². The van der Waals surface area contributed by atoms with Crippen molar-refractivity contribution in [1.82, 2.24) is 5.32 Å². The van der Waals surface area contributed by atoms with Crippen molar-refractivity contribution in [2.24, 2.45) is 0 Å². The Labute approximate surface area is 134 Å². The zero-order chi connectivity index (χ0) is 16.2. The summed E-state index contributed by atoms with van der Waals surface area (Å²) < 4.78 is 26.3. The summed E-state index contributed by atoms with van der Waals surface area (Å²) in [5, 5.41) is 4.50. The molecule has 0 aliphatic carbocycles. The molecule has 1 N–H and O–H groups in total. The number of anilines is 1. The minimum Gasteiger partial charge on any atom is -0.352 e. The van der Waals surface area contributed by atoms with E-state index in [0.29, 0.717) is 22.0 Å². The molecule has 1 amide bonds. The van der Waals surface area contributed by atoms with Crippen molar-refractivity contribution in [1.29, 1.82) is 0 Å². The third-order valence-corrected chi connectivity index (χ3v) is 6.30. The average molecular weight is 338 g/mol. The number of nitrogens with one attached hydrogen (secondary N) is 1. The number of thiophene rings is 1. The number of hydrogen-bond donors (Lipinski definition) is 1. The van der Waals surface area contributed by atoms with Crippen molar-refractivity contribution in [3.8, 4) is 0 Å². The third kappa shape index (κ3) is 3.48. The molecule has 2 aromatic rings. The Morgan fingerprint density at radius 2 is 1.91 bits per heavy atom. The van der Waals surface area contributed by atoms with E-state index >= 15 is 0 Å². The number of carbonyl (C=O) groups is 1. The van der Waals surface area contributed by atoms with Crippen molar-refractivity contribution >= 4 is 33.0 Å². The summed E-state index contributed by atoms with van der Waals surface area (Å²) in [5.74, 6) is -0.155. The Hall–Kier alpha value is -1.86. The first-order chi connectivity index (χ1) is 10.5. The Bertz CT molecular complexity index is 723. The van der Waals surface area contributed by atoms with Crippen LogP contribution in [-0.4, -0.2) is 27.9 Å². The maximum Gasteiger partial charge on any atom is 0.273 e. The van der Waals surface area contributed by atoms with Crippen LogP contribution >= 0.6 is 11.3 Å². The van der Waals surface area contributed by atoms with Crippen LogP contribution in [0.4, 0.5) is 5.69 Å². The maximum atomic E-state index is 12.4. The zero-order valence-electron chi connectivity index (χ0n) is 12.4. The number of rotatable bonds is 6. The standard InChI is InChI=1S/C15H18N2O3S2/c1-3-10-16-15(18)12-6-8-13(9-7-12)17(2)22(19,20)14-5-4-11-21-14/h4-9,11H,3,10H2,1-2H3,(H,16,18). The summed E-state index contributed by atoms with van der Waals surface area (Å²) in [7, 11) is -2.04. The van der Waals surface area contributed by atoms with Gasteiger partial charge in [0.25, 0.3) is 15.9 Å². The van der Waals surface area contributed by atoms with Crippen LogP contribution in [0.25, 0.3) is 0 Å². The molecule has 0 aliphatic heterocycles. The first-order valence-electron chi connectivity index (χ1n) is 6.87. The molecule has 0 atom stereocenters. The lowest BCUT2D eigenvalue weighted by atomic mass is 10.2. The Morgan fingerprint density at radius 1 is 1.23 bits per heavy atom. The molecular formula is C15H18N2O3S2. The van der Waals surface area contributed by atoms with Crippen molar-refractivity contribution < 1.29 is 13.2 Å². The van der Waals surface area contributed by atoms with Crippen LogP contribution in [0, 0.1) is 0 Å². The highest BCUT2D eigenvalue weighted by atomic mass is 32.2. The third-order valence-electron chi connectivity index (χ3n) is 3.14. The molecule has 1 aromatic carbocycles. The van der Waals surface area contributed by atoms with Gasteiger partial charge >= 0.3 is 0 Å². The van der Waals surface area contributed by atoms with Gasteiger partial charge in [0.2, 0.25) is 0 Å². The van der Waals surface area contributed by atoms with Gasteiger partial charge in [0.15, 0.2) is 0 Å². The molecule has 22 heavy (non-hydrogen) atoms. The van der Waals surface area contributed by atoms with Gasteiger partial charge in [0.1, 0.15) is 4.21 Å². The van der Waals surface area contributed by atoms with Crippen molar-refractivity contribution in [2.75, 3.05) is 17.9 Å². The van der Waals surface area contributed by atoms with Crippen molar-refractivity contribution in [3.63, 3.8) is 0 Å². The van der Waals surface area contributed by atoms with E-state index in [4.69, 9.17) is 0 Å². The van der Waals surface area contributed by atoms with Gasteiger partial charge in [-0.15, -0.1) is 11.3 Å². The molecule has 0 bridgehead atoms. The molecule has 0 saturated carbocycles. The lowest BCUT2D eigenvalue weighted by molar-refractivity contribution is 0.0953. The molecule has 0 unspecified atom stereocenters. The number of sulfonamides is 1. The van der Waals surface area contributed by atoms with Crippen LogP contribution in [0.3, 0.4) is 0 Å². The molecule has 5 nitrogen and oxygen atoms in total. The second kappa shape index (κ2) is 6.93. The summed E-state index contributed by atoms with van der Waals surface area (Å²) in [6.07, 6.45) is 0.867. The van der Waals surface area contributed by atoms with Crippen LogP contribution in [0.2, 0.25) is 0 Å². The molecule has 0 saturated heterocycles. The van der Waals surface area contributed by atoms with E-state index in [1.807, 2.05) is 6.92 Å². The van der Waals surface area contributed by atoms with Crippen LogP contribution in [0.5, 0.6) is 0 Å². The van der Waals surface area contributed by atoms with Crippen molar-refractivity contribution in [3.05, 3.63) is 47.3 Å². The fraction of sp³-hybridized carbons (Fsp3) is 0.267. The number of carbonyl (C=O) groups excluding carboxylic acids is 1. The number of amides is 1. The smallest absolute Gasteiger partial charge is 0.273 e. The second-order valence-corrected chi connectivity index (χ2v) is 7.85. The fourth-order valence-corrected chi connectivity index (χ4v) is 4.20. The normalized spacial score (nSPS) is 11.2. The summed E-state index contributed by atoms with van der Waals surface area (Å²) in [5.41, 5.74) is 1.03. The average Bonchev–Trinajstić information content (AvgIpc) is 3.07. The van der Waals surface area contributed by atoms with E-state index in [1.165, 1.54) is 22.7 Å². The van der Waals surface area contributed by atoms with Crippen LogP contribution < -0.4 is 9.62 Å². The minimum atomic E-state index is -3.54. The van der Waals surface area contributed by atoms with E-state index < -0.39 is 10.0 Å². The summed E-state index contributed by atoms with van der Waals surface area (Å²) in [6.45, 7) is 2.60. The molecule has 0 spiro atoms. The molecule has 0 radical (unpaired) electrons. The molecule has 1 heterocycles. The predicted octanol–water partition coefficient (Wildman–Crippen LogP) is 2.71. The molecule has 7 heteroatoms. The first-order valence-corrected chi connectivity index (χ1v) is 9.19. The highest BCUT2D eigenvalue weighted by Crippen LogP contribution is 2.25. The van der Waals surface area contributed by atoms with Crippen molar-refractivity contribution in [2.45, 2.75) is 17.6 Å². The summed E-state index contributed by atoms with van der Waals surface area (Å²) in [6, 6.07) is 9.79. The van der Waals surface area contributed by atoms with E-state index in [9.17, 15) is 13.2 Å². The quantitative estimate of drug-likeness (QED) is 0.880. The minimum absolute atomic E-state index is 0.155. The number of hydrogen-bond acceptors (Lipinski definition) is 4.